The maximum atomic E-state index is 12.3. The van der Waals surface area contributed by atoms with Gasteiger partial charge in [0.15, 0.2) is 0 Å². The second-order valence-corrected chi connectivity index (χ2v) is 5.78. The van der Waals surface area contributed by atoms with Crippen molar-refractivity contribution in [2.45, 2.75) is 13.8 Å². The first-order chi connectivity index (χ1) is 8.50. The Hall–Kier alpha value is -1.62. The number of fused-ring (bicyclic) bond motifs is 1. The number of pyridine rings is 1. The van der Waals surface area contributed by atoms with Crippen LogP contribution in [0.4, 0.5) is 5.69 Å². The Morgan fingerprint density at radius 1 is 1.56 bits per heavy atom. The van der Waals surface area contributed by atoms with E-state index in [1.165, 1.54) is 11.3 Å². The minimum absolute atomic E-state index is 0.0239. The monoisotopic (exact) mass is 263 g/mol. The molecule has 96 valence electrons. The van der Waals surface area contributed by atoms with Crippen molar-refractivity contribution < 1.29 is 4.79 Å². The van der Waals surface area contributed by atoms with E-state index in [1.54, 1.807) is 18.1 Å². The number of carbonyl (C=O) groups excluding carboxylic acids is 1. The fourth-order valence-corrected chi connectivity index (χ4v) is 2.97. The van der Waals surface area contributed by atoms with Crippen LogP contribution in [-0.4, -0.2) is 29.4 Å². The van der Waals surface area contributed by atoms with Crippen LogP contribution in [-0.2, 0) is 0 Å². The van der Waals surface area contributed by atoms with E-state index >= 15 is 0 Å². The predicted molar refractivity (Wildman–Crippen MR) is 75.8 cm³/mol. The summed E-state index contributed by atoms with van der Waals surface area (Å²) in [5.41, 5.74) is 6.58. The van der Waals surface area contributed by atoms with Gasteiger partial charge in [-0.3, -0.25) is 4.79 Å². The van der Waals surface area contributed by atoms with E-state index < -0.39 is 0 Å². The molecule has 2 heterocycles. The van der Waals surface area contributed by atoms with Crippen molar-refractivity contribution in [3.05, 3.63) is 23.2 Å². The van der Waals surface area contributed by atoms with Crippen LogP contribution >= 0.6 is 11.3 Å². The number of amides is 1. The molecule has 4 nitrogen and oxygen atoms in total. The molecular formula is C13H17N3OS. The van der Waals surface area contributed by atoms with Crippen LogP contribution in [0.1, 0.15) is 23.5 Å². The van der Waals surface area contributed by atoms with Gasteiger partial charge in [0.1, 0.15) is 9.71 Å². The number of rotatable bonds is 3. The van der Waals surface area contributed by atoms with Crippen molar-refractivity contribution in [1.82, 2.24) is 9.88 Å². The molecule has 0 aromatic carbocycles. The summed E-state index contributed by atoms with van der Waals surface area (Å²) in [5.74, 6) is 0.414. The molecule has 0 unspecified atom stereocenters. The quantitative estimate of drug-likeness (QED) is 0.926. The van der Waals surface area contributed by atoms with Crippen LogP contribution in [0.2, 0.25) is 0 Å². The van der Waals surface area contributed by atoms with Gasteiger partial charge in [-0.2, -0.15) is 0 Å². The third-order valence-electron chi connectivity index (χ3n) is 2.68. The van der Waals surface area contributed by atoms with Gasteiger partial charge in [0.05, 0.1) is 5.69 Å². The second-order valence-electron chi connectivity index (χ2n) is 4.78. The van der Waals surface area contributed by atoms with Crippen LogP contribution < -0.4 is 5.73 Å². The van der Waals surface area contributed by atoms with Crippen molar-refractivity contribution in [2.24, 2.45) is 5.92 Å². The van der Waals surface area contributed by atoms with Crippen LogP contribution in [0.15, 0.2) is 18.3 Å². The Labute approximate surface area is 110 Å². The molecule has 0 bridgehead atoms. The highest BCUT2D eigenvalue weighted by atomic mass is 32.1. The summed E-state index contributed by atoms with van der Waals surface area (Å²) in [4.78, 5) is 19.7. The summed E-state index contributed by atoms with van der Waals surface area (Å²) in [5, 5.41) is 0.865. The van der Waals surface area contributed by atoms with Gasteiger partial charge in [-0.15, -0.1) is 11.3 Å². The minimum atomic E-state index is -0.0239. The number of aromatic nitrogens is 1. The van der Waals surface area contributed by atoms with E-state index in [4.69, 9.17) is 5.73 Å². The molecule has 0 atom stereocenters. The summed E-state index contributed by atoms with van der Waals surface area (Å²) in [7, 11) is 1.81. The molecule has 0 radical (unpaired) electrons. The predicted octanol–water partition coefficient (Wildman–Crippen LogP) is 2.61. The maximum absolute atomic E-state index is 12.3. The van der Waals surface area contributed by atoms with E-state index in [0.717, 1.165) is 16.8 Å². The lowest BCUT2D eigenvalue weighted by Crippen LogP contribution is -2.30. The summed E-state index contributed by atoms with van der Waals surface area (Å²) >= 11 is 1.36. The van der Waals surface area contributed by atoms with Crippen LogP contribution in [0.5, 0.6) is 0 Å². The Morgan fingerprint density at radius 3 is 2.89 bits per heavy atom. The number of carbonyl (C=O) groups is 1. The zero-order valence-corrected chi connectivity index (χ0v) is 11.6. The summed E-state index contributed by atoms with van der Waals surface area (Å²) in [6.45, 7) is 4.89. The van der Waals surface area contributed by atoms with Gasteiger partial charge >= 0.3 is 0 Å². The summed E-state index contributed by atoms with van der Waals surface area (Å²) in [6, 6.07) is 3.73. The van der Waals surface area contributed by atoms with E-state index in [0.29, 0.717) is 16.5 Å². The highest BCUT2D eigenvalue weighted by molar-refractivity contribution is 7.21. The average molecular weight is 263 g/mol. The Morgan fingerprint density at radius 2 is 2.28 bits per heavy atom. The molecule has 0 aliphatic carbocycles. The minimum Gasteiger partial charge on any atom is -0.397 e. The lowest BCUT2D eigenvalue weighted by Gasteiger charge is -2.18. The summed E-state index contributed by atoms with van der Waals surface area (Å²) in [6.07, 6.45) is 1.71. The molecule has 0 saturated carbocycles. The van der Waals surface area contributed by atoms with Crippen LogP contribution in [0.3, 0.4) is 0 Å². The van der Waals surface area contributed by atoms with Gasteiger partial charge in [0.25, 0.3) is 5.91 Å². The zero-order chi connectivity index (χ0) is 13.3. The Kier molecular flexibility index (Phi) is 3.52. The molecule has 2 rings (SSSR count). The molecule has 5 heteroatoms. The average Bonchev–Trinajstić information content (AvgIpc) is 2.66. The first-order valence-electron chi connectivity index (χ1n) is 5.89. The largest absolute Gasteiger partial charge is 0.397 e. The standard InChI is InChI=1S/C13H17N3OS/c1-8(2)7-16(3)13(17)11-10(14)9-5-4-6-15-12(9)18-11/h4-6,8H,7,14H2,1-3H3. The van der Waals surface area contributed by atoms with E-state index in [1.807, 2.05) is 12.1 Å². The normalized spacial score (nSPS) is 11.1. The van der Waals surface area contributed by atoms with Gasteiger partial charge in [-0.05, 0) is 18.1 Å². The van der Waals surface area contributed by atoms with Gasteiger partial charge in [0.2, 0.25) is 0 Å². The molecule has 2 aromatic rings. The highest BCUT2D eigenvalue weighted by Gasteiger charge is 2.20. The number of nitrogen functional groups attached to an aromatic ring is 1. The van der Waals surface area contributed by atoms with Crippen molar-refractivity contribution >= 4 is 33.1 Å². The lowest BCUT2D eigenvalue weighted by atomic mass is 10.2. The fourth-order valence-electron chi connectivity index (χ4n) is 1.91. The molecule has 1 amide bonds. The van der Waals surface area contributed by atoms with Gasteiger partial charge in [-0.25, -0.2) is 4.98 Å². The molecule has 0 fully saturated rings. The van der Waals surface area contributed by atoms with Crippen LogP contribution in [0.25, 0.3) is 10.2 Å². The highest BCUT2D eigenvalue weighted by Crippen LogP contribution is 2.32. The number of anilines is 1. The van der Waals surface area contributed by atoms with Crippen molar-refractivity contribution in [3.8, 4) is 0 Å². The van der Waals surface area contributed by atoms with Gasteiger partial charge < -0.3 is 10.6 Å². The molecule has 0 saturated heterocycles. The molecule has 0 spiro atoms. The fraction of sp³-hybridized carbons (Fsp3) is 0.385. The molecule has 2 N–H and O–H groups in total. The maximum Gasteiger partial charge on any atom is 0.265 e. The van der Waals surface area contributed by atoms with Crippen molar-refractivity contribution in [3.63, 3.8) is 0 Å². The summed E-state index contributed by atoms with van der Waals surface area (Å²) < 4.78 is 0. The van der Waals surface area contributed by atoms with E-state index in [-0.39, 0.29) is 5.91 Å². The lowest BCUT2D eigenvalue weighted by molar-refractivity contribution is 0.0785. The molecule has 0 aliphatic rings. The second kappa shape index (κ2) is 4.94. The third kappa shape index (κ3) is 2.31. The molecule has 0 aliphatic heterocycles. The third-order valence-corrected chi connectivity index (χ3v) is 3.80. The van der Waals surface area contributed by atoms with Gasteiger partial charge in [0, 0.05) is 25.2 Å². The number of thiophene rings is 1. The number of hydrogen-bond acceptors (Lipinski definition) is 4. The zero-order valence-electron chi connectivity index (χ0n) is 10.8. The van der Waals surface area contributed by atoms with E-state index in [9.17, 15) is 4.79 Å². The van der Waals surface area contributed by atoms with E-state index in [2.05, 4.69) is 18.8 Å². The topological polar surface area (TPSA) is 59.2 Å². The van der Waals surface area contributed by atoms with Crippen LogP contribution in [0, 0.1) is 5.92 Å². The first-order valence-corrected chi connectivity index (χ1v) is 6.70. The number of nitrogens with zero attached hydrogens (tertiary/aromatic N) is 2. The smallest absolute Gasteiger partial charge is 0.265 e. The van der Waals surface area contributed by atoms with Crippen molar-refractivity contribution in [1.29, 1.82) is 0 Å². The Bertz CT molecular complexity index is 577. The van der Waals surface area contributed by atoms with Gasteiger partial charge in [-0.1, -0.05) is 13.8 Å². The SMILES string of the molecule is CC(C)CN(C)C(=O)c1sc2ncccc2c1N. The molecular weight excluding hydrogens is 246 g/mol. The number of nitrogens with two attached hydrogens (primary N) is 1. The first kappa shape index (κ1) is 12.8. The Balaban J connectivity index is 2.36. The molecule has 18 heavy (non-hydrogen) atoms. The van der Waals surface area contributed by atoms with Crippen molar-refractivity contribution in [2.75, 3.05) is 19.3 Å². The molecule has 2 aromatic heterocycles. The number of hydrogen-bond donors (Lipinski definition) is 1.